The second kappa shape index (κ2) is 5.48. The Kier molecular flexibility index (Phi) is 3.64. The first-order chi connectivity index (χ1) is 10.5. The average Bonchev–Trinajstić information content (AvgIpc) is 3.09. The Balaban J connectivity index is 1.94. The highest BCUT2D eigenvalue weighted by Gasteiger charge is 2.39. The number of rotatable bonds is 3. The molecule has 1 amide bonds. The molecule has 1 aromatic heterocycles. The summed E-state index contributed by atoms with van der Waals surface area (Å²) in [4.78, 5) is 25.6. The molecule has 1 N–H and O–H groups in total. The molecule has 1 aliphatic rings. The van der Waals surface area contributed by atoms with E-state index in [0.717, 1.165) is 17.4 Å². The van der Waals surface area contributed by atoms with Gasteiger partial charge >= 0.3 is 5.97 Å². The highest BCUT2D eigenvalue weighted by Crippen LogP contribution is 2.29. The predicted octanol–water partition coefficient (Wildman–Crippen LogP) is 2.93. The van der Waals surface area contributed by atoms with Gasteiger partial charge < -0.3 is 14.4 Å². The fraction of sp³-hybridized carbons (Fsp3) is 0.412. The third kappa shape index (κ3) is 2.26. The van der Waals surface area contributed by atoms with Crippen LogP contribution < -0.4 is 0 Å². The van der Waals surface area contributed by atoms with Crippen LogP contribution in [0.25, 0.3) is 11.0 Å². The molecule has 116 valence electrons. The van der Waals surface area contributed by atoms with E-state index in [9.17, 15) is 14.7 Å². The van der Waals surface area contributed by atoms with E-state index < -0.39 is 11.9 Å². The van der Waals surface area contributed by atoms with Crippen LogP contribution >= 0.6 is 0 Å². The topological polar surface area (TPSA) is 70.8 Å². The minimum absolute atomic E-state index is 0.150. The fourth-order valence-corrected chi connectivity index (χ4v) is 3.17. The fourth-order valence-electron chi connectivity index (χ4n) is 3.17. The summed E-state index contributed by atoms with van der Waals surface area (Å²) in [5, 5.41) is 10.00. The molecule has 2 heterocycles. The number of hydrogen-bond acceptors (Lipinski definition) is 3. The van der Waals surface area contributed by atoms with Crippen LogP contribution in [0.1, 0.15) is 36.2 Å². The maximum atomic E-state index is 12.8. The highest BCUT2D eigenvalue weighted by atomic mass is 16.4. The number of carbonyl (C=O) groups excluding carboxylic acids is 1. The monoisotopic (exact) mass is 301 g/mol. The molecule has 0 saturated carbocycles. The normalized spacial score (nSPS) is 21.5. The SMILES string of the molecule is CCc1ccc2occ(C(=O)N3CCC(C(=O)O)C3C)c2c1. The molecule has 0 radical (unpaired) electrons. The molecule has 1 aromatic carbocycles. The van der Waals surface area contributed by atoms with E-state index in [2.05, 4.69) is 6.92 Å². The van der Waals surface area contributed by atoms with Gasteiger partial charge in [0, 0.05) is 18.0 Å². The third-order valence-electron chi connectivity index (χ3n) is 4.61. The molecule has 0 aliphatic carbocycles. The predicted molar refractivity (Wildman–Crippen MR) is 81.8 cm³/mol. The second-order valence-electron chi connectivity index (χ2n) is 5.81. The molecule has 3 rings (SSSR count). The Labute approximate surface area is 128 Å². The number of hydrogen-bond donors (Lipinski definition) is 1. The van der Waals surface area contributed by atoms with Crippen molar-refractivity contribution in [3.8, 4) is 0 Å². The maximum absolute atomic E-state index is 12.8. The second-order valence-corrected chi connectivity index (χ2v) is 5.81. The van der Waals surface area contributed by atoms with Crippen LogP contribution in [0.2, 0.25) is 0 Å². The molecule has 0 spiro atoms. The zero-order valence-corrected chi connectivity index (χ0v) is 12.7. The molecule has 1 fully saturated rings. The van der Waals surface area contributed by atoms with E-state index in [0.29, 0.717) is 24.1 Å². The first-order valence-electron chi connectivity index (χ1n) is 7.56. The molecular weight excluding hydrogens is 282 g/mol. The largest absolute Gasteiger partial charge is 0.481 e. The number of carboxylic acid groups (broad SMARTS) is 1. The lowest BCUT2D eigenvalue weighted by Crippen LogP contribution is -2.37. The van der Waals surface area contributed by atoms with E-state index in [1.807, 2.05) is 18.2 Å². The summed E-state index contributed by atoms with van der Waals surface area (Å²) < 4.78 is 5.47. The zero-order chi connectivity index (χ0) is 15.9. The molecule has 1 aliphatic heterocycles. The lowest BCUT2D eigenvalue weighted by molar-refractivity contribution is -0.142. The van der Waals surface area contributed by atoms with Gasteiger partial charge in [0.05, 0.1) is 11.5 Å². The van der Waals surface area contributed by atoms with Crippen molar-refractivity contribution in [1.29, 1.82) is 0 Å². The number of amides is 1. The molecule has 1 saturated heterocycles. The Morgan fingerprint density at radius 1 is 1.41 bits per heavy atom. The van der Waals surface area contributed by atoms with Crippen molar-refractivity contribution in [3.05, 3.63) is 35.6 Å². The van der Waals surface area contributed by atoms with E-state index in [1.54, 1.807) is 11.8 Å². The number of benzene rings is 1. The van der Waals surface area contributed by atoms with Crippen LogP contribution in [-0.4, -0.2) is 34.5 Å². The van der Waals surface area contributed by atoms with Gasteiger partial charge in [0.25, 0.3) is 5.91 Å². The number of carboxylic acids is 1. The van der Waals surface area contributed by atoms with Crippen LogP contribution in [0, 0.1) is 5.92 Å². The summed E-state index contributed by atoms with van der Waals surface area (Å²) in [6.45, 7) is 4.32. The van der Waals surface area contributed by atoms with Gasteiger partial charge in [0.2, 0.25) is 0 Å². The standard InChI is InChI=1S/C17H19NO4/c1-3-11-4-5-15-13(8-11)14(9-22-15)16(19)18-7-6-12(10(18)2)17(20)21/h4-5,8-10,12H,3,6-7H2,1-2H3,(H,20,21). The van der Waals surface area contributed by atoms with Gasteiger partial charge in [0.1, 0.15) is 11.8 Å². The van der Waals surface area contributed by atoms with Gasteiger partial charge in [0.15, 0.2) is 0 Å². The lowest BCUT2D eigenvalue weighted by atomic mass is 10.0. The van der Waals surface area contributed by atoms with Crippen molar-refractivity contribution in [2.45, 2.75) is 32.7 Å². The lowest BCUT2D eigenvalue weighted by Gasteiger charge is -2.22. The minimum Gasteiger partial charge on any atom is -0.481 e. The van der Waals surface area contributed by atoms with Crippen LogP contribution in [0.4, 0.5) is 0 Å². The molecule has 2 atom stereocenters. The Morgan fingerprint density at radius 2 is 2.18 bits per heavy atom. The average molecular weight is 301 g/mol. The number of furan rings is 1. The number of aliphatic carboxylic acids is 1. The van der Waals surface area contributed by atoms with Crippen molar-refractivity contribution in [2.75, 3.05) is 6.54 Å². The quantitative estimate of drug-likeness (QED) is 0.946. The van der Waals surface area contributed by atoms with Crippen molar-refractivity contribution in [2.24, 2.45) is 5.92 Å². The molecule has 0 bridgehead atoms. The number of aryl methyl sites for hydroxylation is 1. The van der Waals surface area contributed by atoms with E-state index in [4.69, 9.17) is 4.42 Å². The molecule has 2 aromatic rings. The van der Waals surface area contributed by atoms with E-state index in [-0.39, 0.29) is 11.9 Å². The maximum Gasteiger partial charge on any atom is 0.308 e. The smallest absolute Gasteiger partial charge is 0.308 e. The zero-order valence-electron chi connectivity index (χ0n) is 12.7. The van der Waals surface area contributed by atoms with Crippen molar-refractivity contribution >= 4 is 22.8 Å². The summed E-state index contributed by atoms with van der Waals surface area (Å²) in [7, 11) is 0. The Hall–Kier alpha value is -2.30. The Morgan fingerprint density at radius 3 is 2.82 bits per heavy atom. The summed E-state index contributed by atoms with van der Waals surface area (Å²) in [5.41, 5.74) is 2.34. The molecule has 22 heavy (non-hydrogen) atoms. The van der Waals surface area contributed by atoms with Gasteiger partial charge in [-0.25, -0.2) is 0 Å². The van der Waals surface area contributed by atoms with Crippen LogP contribution in [0.3, 0.4) is 0 Å². The highest BCUT2D eigenvalue weighted by molar-refractivity contribution is 6.06. The van der Waals surface area contributed by atoms with Crippen molar-refractivity contribution < 1.29 is 19.1 Å². The van der Waals surface area contributed by atoms with Crippen molar-refractivity contribution in [1.82, 2.24) is 4.90 Å². The van der Waals surface area contributed by atoms with E-state index >= 15 is 0 Å². The van der Waals surface area contributed by atoms with E-state index in [1.165, 1.54) is 6.26 Å². The Bertz CT molecular complexity index is 733. The summed E-state index contributed by atoms with van der Waals surface area (Å²) in [5.74, 6) is -1.48. The van der Waals surface area contributed by atoms with Crippen LogP contribution in [-0.2, 0) is 11.2 Å². The molecule has 2 unspecified atom stereocenters. The van der Waals surface area contributed by atoms with Gasteiger partial charge in [-0.15, -0.1) is 0 Å². The number of nitrogens with zero attached hydrogens (tertiary/aromatic N) is 1. The number of carbonyl (C=O) groups is 2. The van der Waals surface area contributed by atoms with Crippen LogP contribution in [0.15, 0.2) is 28.9 Å². The summed E-state index contributed by atoms with van der Waals surface area (Å²) in [6, 6.07) is 5.53. The van der Waals surface area contributed by atoms with Gasteiger partial charge in [-0.2, -0.15) is 0 Å². The number of fused-ring (bicyclic) bond motifs is 1. The minimum atomic E-state index is -0.840. The molecular formula is C17H19NO4. The van der Waals surface area contributed by atoms with Crippen LogP contribution in [0.5, 0.6) is 0 Å². The summed E-state index contributed by atoms with van der Waals surface area (Å²) >= 11 is 0. The molecule has 5 nitrogen and oxygen atoms in total. The van der Waals surface area contributed by atoms with Gasteiger partial charge in [-0.1, -0.05) is 13.0 Å². The number of likely N-dealkylation sites (tertiary alicyclic amines) is 1. The van der Waals surface area contributed by atoms with Gasteiger partial charge in [-0.3, -0.25) is 9.59 Å². The third-order valence-corrected chi connectivity index (χ3v) is 4.61. The molecule has 5 heteroatoms. The first kappa shape index (κ1) is 14.6. The summed E-state index contributed by atoms with van der Waals surface area (Å²) in [6.07, 6.45) is 2.86. The first-order valence-corrected chi connectivity index (χ1v) is 7.56. The van der Waals surface area contributed by atoms with Crippen molar-refractivity contribution in [3.63, 3.8) is 0 Å². The van der Waals surface area contributed by atoms with Gasteiger partial charge in [-0.05, 0) is 37.5 Å².